The van der Waals surface area contributed by atoms with Crippen molar-refractivity contribution in [1.29, 1.82) is 0 Å². The van der Waals surface area contributed by atoms with Crippen LogP contribution in [0.1, 0.15) is 26.3 Å². The first-order chi connectivity index (χ1) is 15.0. The number of rotatable bonds is 7. The van der Waals surface area contributed by atoms with Crippen LogP contribution in [0, 0.1) is 17.5 Å². The Morgan fingerprint density at radius 3 is 2.53 bits per heavy atom. The fourth-order valence-corrected chi connectivity index (χ4v) is 2.70. The van der Waals surface area contributed by atoms with E-state index in [1.165, 1.54) is 23.1 Å². The molecule has 8 nitrogen and oxygen atoms in total. The van der Waals surface area contributed by atoms with E-state index in [2.05, 4.69) is 25.7 Å². The van der Waals surface area contributed by atoms with Gasteiger partial charge < -0.3 is 15.5 Å². The molecule has 0 bridgehead atoms. The summed E-state index contributed by atoms with van der Waals surface area (Å²) in [5, 5.41) is 9.90. The van der Waals surface area contributed by atoms with Gasteiger partial charge in [0.25, 0.3) is 0 Å². The maximum atomic E-state index is 13.8. The van der Waals surface area contributed by atoms with Crippen LogP contribution in [0.2, 0.25) is 0 Å². The predicted molar refractivity (Wildman–Crippen MR) is 114 cm³/mol. The highest BCUT2D eigenvalue weighted by molar-refractivity contribution is 5.76. The lowest BCUT2D eigenvalue weighted by molar-refractivity contribution is -0.134. The standard InChI is InChI=1S/C21H24F3N7O/c1-21(2,3)30(4)19(32)12-31-11-14(9-27-31)28-20-25-6-5-18(29-20)26-10-15-16(23)7-13(22)8-17(15)24/h5-9,11H,10,12H2,1-4H3,(H2,25,26,28,29). The number of nitrogens with one attached hydrogen (secondary N) is 2. The molecular weight excluding hydrogens is 423 g/mol. The Bertz CT molecular complexity index is 1090. The minimum Gasteiger partial charge on any atom is -0.366 e. The van der Waals surface area contributed by atoms with Crippen LogP contribution in [0.25, 0.3) is 0 Å². The molecule has 0 aliphatic heterocycles. The van der Waals surface area contributed by atoms with Crippen LogP contribution in [-0.4, -0.2) is 43.1 Å². The molecule has 0 spiro atoms. The molecule has 0 atom stereocenters. The minimum atomic E-state index is -0.985. The smallest absolute Gasteiger partial charge is 0.244 e. The third-order valence-electron chi connectivity index (χ3n) is 4.77. The van der Waals surface area contributed by atoms with Gasteiger partial charge in [-0.1, -0.05) is 0 Å². The van der Waals surface area contributed by atoms with Crippen molar-refractivity contribution in [3.8, 4) is 0 Å². The molecule has 2 aromatic heterocycles. The highest BCUT2D eigenvalue weighted by atomic mass is 19.1. The molecule has 0 saturated heterocycles. The fraction of sp³-hybridized carbons (Fsp3) is 0.333. The average Bonchev–Trinajstić information content (AvgIpc) is 3.12. The van der Waals surface area contributed by atoms with E-state index in [9.17, 15) is 18.0 Å². The van der Waals surface area contributed by atoms with Crippen LogP contribution < -0.4 is 10.6 Å². The van der Waals surface area contributed by atoms with Crippen molar-refractivity contribution in [2.75, 3.05) is 17.7 Å². The summed E-state index contributed by atoms with van der Waals surface area (Å²) in [5.41, 5.74) is -0.0403. The number of hydrogen-bond acceptors (Lipinski definition) is 6. The van der Waals surface area contributed by atoms with Crippen LogP contribution in [0.5, 0.6) is 0 Å². The maximum Gasteiger partial charge on any atom is 0.244 e. The Labute approximate surface area is 183 Å². The monoisotopic (exact) mass is 447 g/mol. The molecular formula is C21H24F3N7O. The second kappa shape index (κ2) is 9.25. The van der Waals surface area contributed by atoms with Gasteiger partial charge in [-0.25, -0.2) is 18.2 Å². The first-order valence-corrected chi connectivity index (χ1v) is 9.79. The number of halogens is 3. The van der Waals surface area contributed by atoms with Crippen LogP contribution >= 0.6 is 0 Å². The highest BCUT2D eigenvalue weighted by Crippen LogP contribution is 2.18. The van der Waals surface area contributed by atoms with Gasteiger partial charge in [0.15, 0.2) is 0 Å². The zero-order chi connectivity index (χ0) is 23.5. The van der Waals surface area contributed by atoms with Gasteiger partial charge in [0.1, 0.15) is 29.8 Å². The zero-order valence-corrected chi connectivity index (χ0v) is 18.2. The van der Waals surface area contributed by atoms with Crippen LogP contribution in [0.4, 0.5) is 30.6 Å². The molecule has 11 heteroatoms. The Kier molecular flexibility index (Phi) is 6.66. The largest absolute Gasteiger partial charge is 0.366 e. The average molecular weight is 447 g/mol. The molecule has 3 aromatic rings. The number of aromatic nitrogens is 4. The summed E-state index contributed by atoms with van der Waals surface area (Å²) < 4.78 is 42.1. The van der Waals surface area contributed by atoms with Crippen molar-refractivity contribution >= 4 is 23.4 Å². The van der Waals surface area contributed by atoms with Gasteiger partial charge in [-0.15, -0.1) is 0 Å². The molecule has 0 unspecified atom stereocenters. The van der Waals surface area contributed by atoms with Crippen molar-refractivity contribution in [2.24, 2.45) is 0 Å². The molecule has 0 fully saturated rings. The normalized spacial score (nSPS) is 11.3. The van der Waals surface area contributed by atoms with E-state index in [-0.39, 0.29) is 36.0 Å². The van der Waals surface area contributed by atoms with Gasteiger partial charge >= 0.3 is 0 Å². The number of hydrogen-bond donors (Lipinski definition) is 2. The fourth-order valence-electron chi connectivity index (χ4n) is 2.70. The number of likely N-dealkylation sites (N-methyl/N-ethyl adjacent to an activating group) is 1. The molecule has 32 heavy (non-hydrogen) atoms. The number of nitrogens with zero attached hydrogens (tertiary/aromatic N) is 5. The van der Waals surface area contributed by atoms with Crippen molar-refractivity contribution in [3.05, 3.63) is 59.8 Å². The van der Waals surface area contributed by atoms with Crippen molar-refractivity contribution in [3.63, 3.8) is 0 Å². The Balaban J connectivity index is 1.63. The van der Waals surface area contributed by atoms with Gasteiger partial charge in [-0.05, 0) is 26.8 Å². The summed E-state index contributed by atoms with van der Waals surface area (Å²) >= 11 is 0. The molecule has 1 amide bonds. The van der Waals surface area contributed by atoms with Gasteiger partial charge in [0.05, 0.1) is 11.9 Å². The Morgan fingerprint density at radius 1 is 1.19 bits per heavy atom. The first-order valence-electron chi connectivity index (χ1n) is 9.79. The zero-order valence-electron chi connectivity index (χ0n) is 18.2. The minimum absolute atomic E-state index is 0.0761. The molecule has 170 valence electrons. The lowest BCUT2D eigenvalue weighted by atomic mass is 10.1. The van der Waals surface area contributed by atoms with Crippen LogP contribution in [0.3, 0.4) is 0 Å². The van der Waals surface area contributed by atoms with Crippen LogP contribution in [0.15, 0.2) is 36.8 Å². The van der Waals surface area contributed by atoms with Gasteiger partial charge in [0, 0.05) is 49.2 Å². The molecule has 0 radical (unpaired) electrons. The van der Waals surface area contributed by atoms with Crippen molar-refractivity contribution in [1.82, 2.24) is 24.6 Å². The summed E-state index contributed by atoms with van der Waals surface area (Å²) in [6.45, 7) is 5.68. The van der Waals surface area contributed by atoms with Crippen molar-refractivity contribution in [2.45, 2.75) is 39.4 Å². The molecule has 2 N–H and O–H groups in total. The number of amides is 1. The van der Waals surface area contributed by atoms with Crippen LogP contribution in [-0.2, 0) is 17.9 Å². The van der Waals surface area contributed by atoms with Gasteiger partial charge in [0.2, 0.25) is 11.9 Å². The molecule has 1 aromatic carbocycles. The van der Waals surface area contributed by atoms with E-state index in [0.29, 0.717) is 23.6 Å². The number of carbonyl (C=O) groups is 1. The SMILES string of the molecule is CN(C(=O)Cn1cc(Nc2nccc(NCc3c(F)cc(F)cc3F)n2)cn1)C(C)(C)C. The summed E-state index contributed by atoms with van der Waals surface area (Å²) in [6.07, 6.45) is 4.62. The molecule has 0 aliphatic rings. The molecule has 2 heterocycles. The van der Waals surface area contributed by atoms with E-state index in [0.717, 1.165) is 0 Å². The Morgan fingerprint density at radius 2 is 1.88 bits per heavy atom. The second-order valence-electron chi connectivity index (χ2n) is 8.14. The first kappa shape index (κ1) is 23.0. The third kappa shape index (κ3) is 5.74. The third-order valence-corrected chi connectivity index (χ3v) is 4.77. The van der Waals surface area contributed by atoms with E-state index < -0.39 is 17.5 Å². The van der Waals surface area contributed by atoms with E-state index >= 15 is 0 Å². The maximum absolute atomic E-state index is 13.8. The van der Waals surface area contributed by atoms with Gasteiger partial charge in [-0.3, -0.25) is 9.48 Å². The topological polar surface area (TPSA) is 88.0 Å². The highest BCUT2D eigenvalue weighted by Gasteiger charge is 2.22. The molecule has 0 aliphatic carbocycles. The van der Waals surface area contributed by atoms with E-state index in [1.807, 2.05) is 20.8 Å². The quantitative estimate of drug-likeness (QED) is 0.574. The van der Waals surface area contributed by atoms with E-state index in [4.69, 9.17) is 0 Å². The summed E-state index contributed by atoms with van der Waals surface area (Å²) in [5.74, 6) is -2.52. The number of benzene rings is 1. The molecule has 3 rings (SSSR count). The number of anilines is 3. The lowest BCUT2D eigenvalue weighted by Crippen LogP contribution is -2.44. The van der Waals surface area contributed by atoms with Crippen molar-refractivity contribution < 1.29 is 18.0 Å². The van der Waals surface area contributed by atoms with E-state index in [1.54, 1.807) is 18.1 Å². The molecule has 0 saturated carbocycles. The summed E-state index contributed by atoms with van der Waals surface area (Å²) in [6, 6.07) is 2.76. The predicted octanol–water partition coefficient (Wildman–Crippen LogP) is 3.70. The summed E-state index contributed by atoms with van der Waals surface area (Å²) in [4.78, 5) is 22.3. The lowest BCUT2D eigenvalue weighted by Gasteiger charge is -2.31. The summed E-state index contributed by atoms with van der Waals surface area (Å²) in [7, 11) is 1.74. The second-order valence-corrected chi connectivity index (χ2v) is 8.14. The Hall–Kier alpha value is -3.63. The van der Waals surface area contributed by atoms with Gasteiger partial charge in [-0.2, -0.15) is 10.1 Å². The number of carbonyl (C=O) groups excluding carboxylic acids is 1.